The quantitative estimate of drug-likeness (QED) is 0.676. The van der Waals surface area contributed by atoms with Gasteiger partial charge in [-0.25, -0.2) is 0 Å². The molecule has 0 unspecified atom stereocenters. The van der Waals surface area contributed by atoms with E-state index >= 15 is 0 Å². The number of aliphatic hydroxyl groups is 2. The highest BCUT2D eigenvalue weighted by Gasteiger charge is 2.31. The Balaban J connectivity index is 1.48. The molecule has 0 atom stereocenters. The first-order valence-electron chi connectivity index (χ1n) is 8.07. The zero-order valence-electron chi connectivity index (χ0n) is 11.8. The molecule has 0 radical (unpaired) electrons. The second-order valence-corrected chi connectivity index (χ2v) is 6.78. The van der Waals surface area contributed by atoms with Gasteiger partial charge in [0.15, 0.2) is 0 Å². The van der Waals surface area contributed by atoms with Gasteiger partial charge in [0, 0.05) is 0 Å². The molecule has 0 aromatic carbocycles. The smallest absolute Gasteiger partial charge is 0.0647 e. The summed E-state index contributed by atoms with van der Waals surface area (Å²) in [4.78, 5) is 0. The lowest BCUT2D eigenvalue weighted by atomic mass is 9.92. The predicted molar refractivity (Wildman–Crippen MR) is 74.5 cm³/mol. The highest BCUT2D eigenvalue weighted by molar-refractivity contribution is 4.85. The van der Waals surface area contributed by atoms with Gasteiger partial charge < -0.3 is 10.2 Å². The summed E-state index contributed by atoms with van der Waals surface area (Å²) >= 11 is 0. The van der Waals surface area contributed by atoms with E-state index in [1.54, 1.807) is 0 Å². The highest BCUT2D eigenvalue weighted by atomic mass is 16.3. The first-order valence-corrected chi connectivity index (χ1v) is 8.07. The average molecular weight is 254 g/mol. The first-order chi connectivity index (χ1) is 8.62. The fraction of sp³-hybridized carbons (Fsp3) is 1.00. The van der Waals surface area contributed by atoms with Gasteiger partial charge in [0.25, 0.3) is 0 Å². The summed E-state index contributed by atoms with van der Waals surface area (Å²) < 4.78 is 0. The third kappa shape index (κ3) is 4.24. The zero-order valence-corrected chi connectivity index (χ0v) is 11.8. The molecule has 0 aromatic rings. The largest absolute Gasteiger partial charge is 0.390 e. The average Bonchev–Trinajstić information content (AvgIpc) is 2.94. The molecular formula is C16H30O2. The zero-order chi connectivity index (χ0) is 12.9. The summed E-state index contributed by atoms with van der Waals surface area (Å²) in [5, 5.41) is 20.4. The Morgan fingerprint density at radius 3 is 1.22 bits per heavy atom. The maximum Gasteiger partial charge on any atom is 0.0647 e. The molecule has 2 aliphatic carbocycles. The minimum atomic E-state index is -0.316. The van der Waals surface area contributed by atoms with Crippen LogP contribution in [-0.2, 0) is 0 Å². The molecule has 0 heterocycles. The van der Waals surface area contributed by atoms with Crippen LogP contribution in [0.5, 0.6) is 0 Å². The molecule has 0 amide bonds. The van der Waals surface area contributed by atoms with E-state index in [9.17, 15) is 10.2 Å². The van der Waals surface area contributed by atoms with E-state index in [0.717, 1.165) is 51.4 Å². The second kappa shape index (κ2) is 6.38. The van der Waals surface area contributed by atoms with Crippen LogP contribution in [0.15, 0.2) is 0 Å². The van der Waals surface area contributed by atoms with Crippen molar-refractivity contribution in [2.75, 3.05) is 0 Å². The Bertz CT molecular complexity index is 211. The third-order valence-electron chi connectivity index (χ3n) is 5.10. The van der Waals surface area contributed by atoms with Gasteiger partial charge in [-0.05, 0) is 38.5 Å². The SMILES string of the molecule is OC1(CCCCCCC2(O)CCCC2)CCCC1. The second-order valence-electron chi connectivity index (χ2n) is 6.78. The van der Waals surface area contributed by atoms with Crippen molar-refractivity contribution < 1.29 is 10.2 Å². The minimum absolute atomic E-state index is 0.316. The van der Waals surface area contributed by atoms with Crippen molar-refractivity contribution in [2.45, 2.75) is 101 Å². The molecule has 0 spiro atoms. The normalized spacial score (nSPS) is 25.7. The maximum atomic E-state index is 10.2. The summed E-state index contributed by atoms with van der Waals surface area (Å²) in [6, 6.07) is 0. The molecule has 18 heavy (non-hydrogen) atoms. The Kier molecular flexibility index (Phi) is 5.08. The lowest BCUT2D eigenvalue weighted by Gasteiger charge is -2.23. The van der Waals surface area contributed by atoms with Crippen LogP contribution in [0.3, 0.4) is 0 Å². The van der Waals surface area contributed by atoms with Crippen LogP contribution >= 0.6 is 0 Å². The van der Waals surface area contributed by atoms with Gasteiger partial charge in [-0.3, -0.25) is 0 Å². The van der Waals surface area contributed by atoms with Crippen molar-refractivity contribution >= 4 is 0 Å². The number of unbranched alkanes of at least 4 members (excludes halogenated alkanes) is 3. The molecule has 0 bridgehead atoms. The van der Waals surface area contributed by atoms with Gasteiger partial charge in [0.2, 0.25) is 0 Å². The van der Waals surface area contributed by atoms with Gasteiger partial charge in [-0.15, -0.1) is 0 Å². The molecule has 2 N–H and O–H groups in total. The minimum Gasteiger partial charge on any atom is -0.390 e. The molecule has 2 saturated carbocycles. The Labute approximate surface area is 112 Å². The van der Waals surface area contributed by atoms with Gasteiger partial charge >= 0.3 is 0 Å². The third-order valence-corrected chi connectivity index (χ3v) is 5.10. The topological polar surface area (TPSA) is 40.5 Å². The van der Waals surface area contributed by atoms with Crippen molar-refractivity contribution in [2.24, 2.45) is 0 Å². The first kappa shape index (κ1) is 14.3. The molecular weight excluding hydrogens is 224 g/mol. The maximum absolute atomic E-state index is 10.2. The molecule has 2 fully saturated rings. The fourth-order valence-electron chi connectivity index (χ4n) is 3.83. The van der Waals surface area contributed by atoms with E-state index in [1.165, 1.54) is 38.5 Å². The van der Waals surface area contributed by atoms with Crippen LogP contribution in [0.4, 0.5) is 0 Å². The van der Waals surface area contributed by atoms with Crippen LogP contribution in [0.25, 0.3) is 0 Å². The van der Waals surface area contributed by atoms with E-state index in [4.69, 9.17) is 0 Å². The van der Waals surface area contributed by atoms with Crippen LogP contribution in [0, 0.1) is 0 Å². The van der Waals surface area contributed by atoms with Gasteiger partial charge in [0.1, 0.15) is 0 Å². The monoisotopic (exact) mass is 254 g/mol. The fourth-order valence-corrected chi connectivity index (χ4v) is 3.83. The van der Waals surface area contributed by atoms with E-state index in [2.05, 4.69) is 0 Å². The van der Waals surface area contributed by atoms with Crippen molar-refractivity contribution in [3.05, 3.63) is 0 Å². The van der Waals surface area contributed by atoms with Crippen LogP contribution in [0.2, 0.25) is 0 Å². The number of hydrogen-bond donors (Lipinski definition) is 2. The van der Waals surface area contributed by atoms with Crippen LogP contribution in [-0.4, -0.2) is 21.4 Å². The van der Waals surface area contributed by atoms with Gasteiger partial charge in [-0.1, -0.05) is 51.4 Å². The van der Waals surface area contributed by atoms with Crippen LogP contribution in [0.1, 0.15) is 89.9 Å². The summed E-state index contributed by atoms with van der Waals surface area (Å²) in [5.41, 5.74) is -0.632. The van der Waals surface area contributed by atoms with Crippen LogP contribution < -0.4 is 0 Å². The Morgan fingerprint density at radius 1 is 0.556 bits per heavy atom. The lowest BCUT2D eigenvalue weighted by Crippen LogP contribution is -2.24. The molecule has 0 aliphatic heterocycles. The Morgan fingerprint density at radius 2 is 0.889 bits per heavy atom. The molecule has 2 nitrogen and oxygen atoms in total. The lowest BCUT2D eigenvalue weighted by molar-refractivity contribution is 0.0319. The Hall–Kier alpha value is -0.0800. The summed E-state index contributed by atoms with van der Waals surface area (Å²) in [7, 11) is 0. The van der Waals surface area contributed by atoms with E-state index in [0.29, 0.717) is 0 Å². The van der Waals surface area contributed by atoms with E-state index in [1.807, 2.05) is 0 Å². The van der Waals surface area contributed by atoms with Crippen molar-refractivity contribution in [3.8, 4) is 0 Å². The van der Waals surface area contributed by atoms with Gasteiger partial charge in [0.05, 0.1) is 11.2 Å². The molecule has 2 aliphatic rings. The van der Waals surface area contributed by atoms with Crippen molar-refractivity contribution in [3.63, 3.8) is 0 Å². The summed E-state index contributed by atoms with van der Waals surface area (Å²) in [5.74, 6) is 0. The van der Waals surface area contributed by atoms with E-state index in [-0.39, 0.29) is 11.2 Å². The molecule has 0 aromatic heterocycles. The standard InChI is InChI=1S/C16H30O2/c17-15(11-5-6-12-15)9-3-1-2-4-10-16(18)13-7-8-14-16/h17-18H,1-14H2. The highest BCUT2D eigenvalue weighted by Crippen LogP contribution is 2.35. The number of hydrogen-bond acceptors (Lipinski definition) is 2. The molecule has 0 saturated heterocycles. The van der Waals surface area contributed by atoms with Crippen molar-refractivity contribution in [1.29, 1.82) is 0 Å². The molecule has 2 heteroatoms. The van der Waals surface area contributed by atoms with E-state index < -0.39 is 0 Å². The number of rotatable bonds is 7. The predicted octanol–water partition coefficient (Wildman–Crippen LogP) is 3.94. The molecule has 2 rings (SSSR count). The summed E-state index contributed by atoms with van der Waals surface area (Å²) in [6.45, 7) is 0. The summed E-state index contributed by atoms with van der Waals surface area (Å²) in [6.07, 6.45) is 15.7. The van der Waals surface area contributed by atoms with Crippen molar-refractivity contribution in [1.82, 2.24) is 0 Å². The van der Waals surface area contributed by atoms with Gasteiger partial charge in [-0.2, -0.15) is 0 Å². The molecule has 106 valence electrons.